The molecule has 1 amide bonds. The van der Waals surface area contributed by atoms with Crippen LogP contribution >= 0.6 is 11.3 Å². The molecule has 1 unspecified atom stereocenters. The lowest BCUT2D eigenvalue weighted by molar-refractivity contribution is 0.0703. The van der Waals surface area contributed by atoms with E-state index in [0.29, 0.717) is 5.56 Å². The first-order valence-electron chi connectivity index (χ1n) is 13.2. The second-order valence-electron chi connectivity index (χ2n) is 9.88. The largest absolute Gasteiger partial charge is 0.339 e. The fraction of sp³-hybridized carbons (Fsp3) is 0.182. The van der Waals surface area contributed by atoms with Crippen LogP contribution in [0.2, 0.25) is 0 Å². The molecule has 0 bridgehead atoms. The zero-order valence-corrected chi connectivity index (χ0v) is 22.3. The van der Waals surface area contributed by atoms with Crippen LogP contribution in [0, 0.1) is 11.3 Å². The number of aromatic nitrogens is 1. The standard InChI is InChI=1S/C33H28N4OS/c34-20-26-14-13-25(19-30(26)29-12-6-10-23-7-4-5-11-28(23)29)32(31-21-35-22-39-31)36-27-15-17-37(18-16-27)33(38)24-8-2-1-3-9-24/h1-14,19,21-22,27,32,36H,15-18H2. The molecule has 0 saturated carbocycles. The third kappa shape index (κ3) is 5.20. The van der Waals surface area contributed by atoms with E-state index in [4.69, 9.17) is 0 Å². The number of nitrogens with one attached hydrogen (secondary N) is 1. The van der Waals surface area contributed by atoms with Gasteiger partial charge in [0.1, 0.15) is 0 Å². The van der Waals surface area contributed by atoms with Gasteiger partial charge in [0, 0.05) is 41.3 Å². The summed E-state index contributed by atoms with van der Waals surface area (Å²) in [7, 11) is 0. The van der Waals surface area contributed by atoms with Crippen molar-refractivity contribution >= 4 is 28.0 Å². The zero-order chi connectivity index (χ0) is 26.6. The van der Waals surface area contributed by atoms with E-state index in [1.807, 2.05) is 65.1 Å². The van der Waals surface area contributed by atoms with Crippen LogP contribution in [0.3, 0.4) is 0 Å². The Hall–Kier alpha value is -4.31. The van der Waals surface area contributed by atoms with Gasteiger partial charge in [0.2, 0.25) is 0 Å². The van der Waals surface area contributed by atoms with Gasteiger partial charge in [-0.1, -0.05) is 66.7 Å². The van der Waals surface area contributed by atoms with E-state index in [1.54, 1.807) is 11.3 Å². The van der Waals surface area contributed by atoms with Gasteiger partial charge in [0.15, 0.2) is 0 Å². The van der Waals surface area contributed by atoms with Crippen LogP contribution in [0.5, 0.6) is 0 Å². The van der Waals surface area contributed by atoms with E-state index in [9.17, 15) is 10.1 Å². The molecular formula is C33H28N4OS. The lowest BCUT2D eigenvalue weighted by Crippen LogP contribution is -2.45. The number of rotatable bonds is 6. The molecule has 1 saturated heterocycles. The average molecular weight is 529 g/mol. The summed E-state index contributed by atoms with van der Waals surface area (Å²) in [5.74, 6) is 0.0971. The van der Waals surface area contributed by atoms with Crippen LogP contribution in [-0.4, -0.2) is 34.9 Å². The summed E-state index contributed by atoms with van der Waals surface area (Å²) in [6, 6.07) is 32.8. The highest BCUT2D eigenvalue weighted by molar-refractivity contribution is 7.09. The van der Waals surface area contributed by atoms with Crippen molar-refractivity contribution < 1.29 is 4.79 Å². The molecule has 1 N–H and O–H groups in total. The molecule has 0 spiro atoms. The molecule has 4 aromatic carbocycles. The number of carbonyl (C=O) groups is 1. The number of amides is 1. The summed E-state index contributed by atoms with van der Waals surface area (Å²) in [6.45, 7) is 1.44. The Kier molecular flexibility index (Phi) is 7.18. The number of nitriles is 1. The number of likely N-dealkylation sites (tertiary alicyclic amines) is 1. The maximum atomic E-state index is 12.9. The number of carbonyl (C=O) groups excluding carboxylic acids is 1. The van der Waals surface area contributed by atoms with Gasteiger partial charge in [-0.25, -0.2) is 0 Å². The molecule has 0 radical (unpaired) electrons. The van der Waals surface area contributed by atoms with Crippen molar-refractivity contribution in [2.45, 2.75) is 24.9 Å². The fourth-order valence-corrected chi connectivity index (χ4v) is 6.19. The highest BCUT2D eigenvalue weighted by Crippen LogP contribution is 2.35. The van der Waals surface area contributed by atoms with Gasteiger partial charge in [-0.2, -0.15) is 5.26 Å². The molecule has 0 aliphatic carbocycles. The summed E-state index contributed by atoms with van der Waals surface area (Å²) in [5, 5.41) is 16.1. The van der Waals surface area contributed by atoms with Crippen LogP contribution < -0.4 is 5.32 Å². The van der Waals surface area contributed by atoms with Gasteiger partial charge in [0.05, 0.1) is 23.2 Å². The highest BCUT2D eigenvalue weighted by Gasteiger charge is 2.27. The molecular weight excluding hydrogens is 500 g/mol. The van der Waals surface area contributed by atoms with Crippen LogP contribution in [-0.2, 0) is 0 Å². The van der Waals surface area contributed by atoms with Gasteiger partial charge in [0.25, 0.3) is 5.91 Å². The highest BCUT2D eigenvalue weighted by atomic mass is 32.1. The first kappa shape index (κ1) is 25.0. The lowest BCUT2D eigenvalue weighted by Gasteiger charge is -2.34. The number of fused-ring (bicyclic) bond motifs is 1. The Morgan fingerprint density at radius 1 is 0.949 bits per heavy atom. The molecule has 5 nitrogen and oxygen atoms in total. The number of nitrogens with zero attached hydrogens (tertiary/aromatic N) is 3. The summed E-state index contributed by atoms with van der Waals surface area (Å²) in [4.78, 5) is 20.4. The van der Waals surface area contributed by atoms with Crippen molar-refractivity contribution in [1.82, 2.24) is 15.2 Å². The van der Waals surface area contributed by atoms with Gasteiger partial charge in [-0.3, -0.25) is 9.78 Å². The quantitative estimate of drug-likeness (QED) is 0.263. The monoisotopic (exact) mass is 528 g/mol. The molecule has 39 heavy (non-hydrogen) atoms. The number of hydrogen-bond donors (Lipinski definition) is 1. The van der Waals surface area contributed by atoms with E-state index in [-0.39, 0.29) is 18.0 Å². The number of benzene rings is 4. The molecule has 6 heteroatoms. The minimum atomic E-state index is -0.0552. The fourth-order valence-electron chi connectivity index (χ4n) is 5.48. The van der Waals surface area contributed by atoms with E-state index < -0.39 is 0 Å². The molecule has 2 heterocycles. The van der Waals surface area contributed by atoms with Gasteiger partial charge >= 0.3 is 0 Å². The van der Waals surface area contributed by atoms with E-state index in [2.05, 4.69) is 58.8 Å². The van der Waals surface area contributed by atoms with Crippen LogP contribution in [0.1, 0.15) is 45.2 Å². The summed E-state index contributed by atoms with van der Waals surface area (Å²) in [5.41, 5.74) is 6.36. The second-order valence-corrected chi connectivity index (χ2v) is 10.8. The van der Waals surface area contributed by atoms with Gasteiger partial charge in [-0.15, -0.1) is 11.3 Å². The molecule has 1 aromatic heterocycles. The van der Waals surface area contributed by atoms with Crippen molar-refractivity contribution in [1.29, 1.82) is 5.26 Å². The number of piperidine rings is 1. The lowest BCUT2D eigenvalue weighted by atomic mass is 9.91. The third-order valence-corrected chi connectivity index (χ3v) is 8.36. The number of thiazole rings is 1. The SMILES string of the molecule is N#Cc1ccc(C(NC2CCN(C(=O)c3ccccc3)CC2)c2cncs2)cc1-c1cccc2ccccc12. The summed E-state index contributed by atoms with van der Waals surface area (Å²) >= 11 is 1.63. The average Bonchev–Trinajstić information content (AvgIpc) is 3.54. The van der Waals surface area contributed by atoms with E-state index in [0.717, 1.165) is 63.8 Å². The van der Waals surface area contributed by atoms with Crippen LogP contribution in [0.4, 0.5) is 0 Å². The Balaban J connectivity index is 1.28. The van der Waals surface area contributed by atoms with Crippen molar-refractivity contribution in [3.8, 4) is 17.2 Å². The zero-order valence-electron chi connectivity index (χ0n) is 21.5. The normalized spacial score (nSPS) is 14.7. The molecule has 5 aromatic rings. The van der Waals surface area contributed by atoms with Crippen molar-refractivity contribution in [3.05, 3.63) is 124 Å². The predicted molar refractivity (Wildman–Crippen MR) is 157 cm³/mol. The Bertz CT molecular complexity index is 1630. The summed E-state index contributed by atoms with van der Waals surface area (Å²) in [6.07, 6.45) is 3.67. The minimum absolute atomic E-state index is 0.0552. The van der Waals surface area contributed by atoms with Gasteiger partial charge < -0.3 is 10.2 Å². The van der Waals surface area contributed by atoms with E-state index >= 15 is 0 Å². The van der Waals surface area contributed by atoms with Gasteiger partial charge in [-0.05, 0) is 59.0 Å². The second kappa shape index (κ2) is 11.2. The predicted octanol–water partition coefficient (Wildman–Crippen LogP) is 6.82. The minimum Gasteiger partial charge on any atom is -0.339 e. The molecule has 192 valence electrons. The Morgan fingerprint density at radius 3 is 2.49 bits per heavy atom. The van der Waals surface area contributed by atoms with Crippen molar-refractivity contribution in [3.63, 3.8) is 0 Å². The Labute approximate surface area is 232 Å². The topological polar surface area (TPSA) is 69.0 Å². The Morgan fingerprint density at radius 2 is 1.72 bits per heavy atom. The molecule has 1 fully saturated rings. The third-order valence-electron chi connectivity index (χ3n) is 7.52. The molecule has 6 rings (SSSR count). The maximum absolute atomic E-state index is 12.9. The smallest absolute Gasteiger partial charge is 0.253 e. The van der Waals surface area contributed by atoms with E-state index in [1.165, 1.54) is 0 Å². The first-order valence-corrected chi connectivity index (χ1v) is 14.1. The van der Waals surface area contributed by atoms with Crippen molar-refractivity contribution in [2.24, 2.45) is 0 Å². The molecule has 1 aliphatic heterocycles. The summed E-state index contributed by atoms with van der Waals surface area (Å²) < 4.78 is 0. The molecule has 1 aliphatic rings. The first-order chi connectivity index (χ1) is 19.2. The maximum Gasteiger partial charge on any atom is 0.253 e. The number of hydrogen-bond acceptors (Lipinski definition) is 5. The molecule has 1 atom stereocenters. The van der Waals surface area contributed by atoms with Crippen molar-refractivity contribution in [2.75, 3.05) is 13.1 Å². The van der Waals surface area contributed by atoms with Crippen LogP contribution in [0.25, 0.3) is 21.9 Å². The van der Waals surface area contributed by atoms with Crippen LogP contribution in [0.15, 0.2) is 103 Å².